The van der Waals surface area contributed by atoms with Gasteiger partial charge in [0.2, 0.25) is 0 Å². The molecule has 0 aromatic heterocycles. The second kappa shape index (κ2) is 5.15. The number of epoxide rings is 1. The van der Waals surface area contributed by atoms with Crippen molar-refractivity contribution in [3.63, 3.8) is 0 Å². The average molecular weight is 330 g/mol. The Kier molecular flexibility index (Phi) is 3.82. The van der Waals surface area contributed by atoms with E-state index in [4.69, 9.17) is 4.74 Å². The number of benzene rings is 1. The highest BCUT2D eigenvalue weighted by molar-refractivity contribution is 14.1. The van der Waals surface area contributed by atoms with Crippen molar-refractivity contribution in [2.75, 3.05) is 0 Å². The molecule has 1 saturated heterocycles. The van der Waals surface area contributed by atoms with Crippen molar-refractivity contribution in [3.8, 4) is 9.85 Å². The summed E-state index contributed by atoms with van der Waals surface area (Å²) in [5.41, 5.74) is 1.77. The van der Waals surface area contributed by atoms with Crippen LogP contribution < -0.4 is 0 Å². The van der Waals surface area contributed by atoms with Crippen molar-refractivity contribution in [2.24, 2.45) is 0 Å². The van der Waals surface area contributed by atoms with Gasteiger partial charge in [0.25, 0.3) is 0 Å². The lowest BCUT2D eigenvalue weighted by Gasteiger charge is -2.01. The number of rotatable bonds is 3. The van der Waals surface area contributed by atoms with Gasteiger partial charge in [-0.25, -0.2) is 4.39 Å². The zero-order valence-electron chi connectivity index (χ0n) is 8.97. The lowest BCUT2D eigenvalue weighted by Crippen LogP contribution is -1.93. The van der Waals surface area contributed by atoms with E-state index in [0.29, 0.717) is 0 Å². The fourth-order valence-corrected chi connectivity index (χ4v) is 2.14. The maximum atomic E-state index is 13.2. The van der Waals surface area contributed by atoms with Crippen LogP contribution in [0.2, 0.25) is 0 Å². The van der Waals surface area contributed by atoms with E-state index in [9.17, 15) is 4.39 Å². The van der Waals surface area contributed by atoms with Crippen LogP contribution in [0.1, 0.15) is 37.0 Å². The van der Waals surface area contributed by atoms with Crippen molar-refractivity contribution >= 4 is 22.6 Å². The van der Waals surface area contributed by atoms with Gasteiger partial charge in [-0.2, -0.15) is 0 Å². The highest BCUT2D eigenvalue weighted by Crippen LogP contribution is 2.42. The van der Waals surface area contributed by atoms with Gasteiger partial charge < -0.3 is 4.74 Å². The predicted molar refractivity (Wildman–Crippen MR) is 69.8 cm³/mol. The Hall–Kier alpha value is -0.600. The molecule has 0 amide bonds. The Balaban J connectivity index is 2.25. The van der Waals surface area contributed by atoms with E-state index in [0.717, 1.165) is 24.0 Å². The summed E-state index contributed by atoms with van der Waals surface area (Å²) in [5.74, 6) is 2.75. The molecule has 1 aliphatic rings. The zero-order chi connectivity index (χ0) is 11.5. The normalized spacial score (nSPS) is 22.4. The molecule has 0 N–H and O–H groups in total. The van der Waals surface area contributed by atoms with Crippen molar-refractivity contribution in [1.29, 1.82) is 0 Å². The molecule has 2 atom stereocenters. The smallest absolute Gasteiger partial charge is 0.123 e. The third-order valence-corrected chi connectivity index (χ3v) is 2.93. The van der Waals surface area contributed by atoms with Gasteiger partial charge in [-0.3, -0.25) is 0 Å². The van der Waals surface area contributed by atoms with Crippen LogP contribution in [0.4, 0.5) is 4.39 Å². The lowest BCUT2D eigenvalue weighted by molar-refractivity contribution is 0.364. The monoisotopic (exact) mass is 330 g/mol. The third kappa shape index (κ3) is 2.55. The highest BCUT2D eigenvalue weighted by atomic mass is 127. The Morgan fingerprint density at radius 1 is 1.50 bits per heavy atom. The van der Waals surface area contributed by atoms with Crippen LogP contribution >= 0.6 is 22.6 Å². The molecule has 1 aliphatic heterocycles. The molecule has 0 bridgehead atoms. The molecule has 2 unspecified atom stereocenters. The zero-order valence-corrected chi connectivity index (χ0v) is 11.1. The summed E-state index contributed by atoms with van der Waals surface area (Å²) in [5, 5.41) is 0. The first-order valence-corrected chi connectivity index (χ1v) is 6.40. The van der Waals surface area contributed by atoms with Gasteiger partial charge in [-0.1, -0.05) is 19.3 Å². The molecule has 1 nitrogen and oxygen atoms in total. The minimum atomic E-state index is -0.222. The average Bonchev–Trinajstić information content (AvgIpc) is 3.01. The van der Waals surface area contributed by atoms with Gasteiger partial charge in [0.05, 0.1) is 6.10 Å². The van der Waals surface area contributed by atoms with Crippen LogP contribution in [-0.2, 0) is 4.74 Å². The van der Waals surface area contributed by atoms with Gasteiger partial charge in [0, 0.05) is 33.7 Å². The van der Waals surface area contributed by atoms with Crippen LogP contribution in [0.5, 0.6) is 0 Å². The molecule has 1 aromatic rings. The van der Waals surface area contributed by atoms with Crippen molar-refractivity contribution in [3.05, 3.63) is 35.1 Å². The first kappa shape index (κ1) is 11.9. The summed E-state index contributed by atoms with van der Waals surface area (Å²) in [7, 11) is 0. The molecule has 0 aliphatic carbocycles. The summed E-state index contributed by atoms with van der Waals surface area (Å²) in [6, 6.07) is 4.70. The molecule has 1 fully saturated rings. The van der Waals surface area contributed by atoms with Crippen molar-refractivity contribution < 1.29 is 9.13 Å². The van der Waals surface area contributed by atoms with Crippen molar-refractivity contribution in [2.45, 2.75) is 32.0 Å². The minimum Gasteiger partial charge on any atom is -0.364 e. The van der Waals surface area contributed by atoms with Gasteiger partial charge in [0.1, 0.15) is 11.9 Å². The summed E-state index contributed by atoms with van der Waals surface area (Å²) < 4.78 is 21.5. The maximum Gasteiger partial charge on any atom is 0.123 e. The molecular formula is C13H12FIO. The molecule has 1 aromatic carbocycles. The van der Waals surface area contributed by atoms with E-state index in [1.165, 1.54) is 12.1 Å². The van der Waals surface area contributed by atoms with Crippen LogP contribution in [-0.4, -0.2) is 6.10 Å². The van der Waals surface area contributed by atoms with E-state index in [1.807, 2.05) is 22.6 Å². The molecule has 0 saturated carbocycles. The fourth-order valence-electron chi connectivity index (χ4n) is 1.85. The Morgan fingerprint density at radius 2 is 2.31 bits per heavy atom. The van der Waals surface area contributed by atoms with Gasteiger partial charge >= 0.3 is 0 Å². The summed E-state index contributed by atoms with van der Waals surface area (Å²) in [6.07, 6.45) is 2.41. The second-order valence-electron chi connectivity index (χ2n) is 3.83. The van der Waals surface area contributed by atoms with Gasteiger partial charge in [0.15, 0.2) is 0 Å². The van der Waals surface area contributed by atoms with E-state index in [1.54, 1.807) is 6.07 Å². The Labute approximate surface area is 109 Å². The maximum absolute atomic E-state index is 13.2. The predicted octanol–water partition coefficient (Wildman–Crippen LogP) is 3.81. The van der Waals surface area contributed by atoms with Crippen LogP contribution in [0, 0.1) is 15.7 Å². The van der Waals surface area contributed by atoms with Crippen molar-refractivity contribution in [1.82, 2.24) is 0 Å². The van der Waals surface area contributed by atoms with Gasteiger partial charge in [-0.05, 0) is 28.5 Å². The molecular weight excluding hydrogens is 318 g/mol. The first-order chi connectivity index (χ1) is 7.76. The van der Waals surface area contributed by atoms with E-state index in [2.05, 4.69) is 16.8 Å². The third-order valence-electron chi connectivity index (χ3n) is 2.66. The SMILES string of the molecule is CCCC1OC1c1cc(F)ccc1C#CI. The molecule has 2 rings (SSSR count). The quantitative estimate of drug-likeness (QED) is 0.466. The second-order valence-corrected chi connectivity index (χ2v) is 4.37. The first-order valence-electron chi connectivity index (χ1n) is 5.32. The standard InChI is InChI=1S/C13H12FIO/c1-2-3-12-13(16-12)11-8-10(14)5-4-9(11)6-7-15/h4-5,8,12-13H,2-3H2,1H3. The molecule has 0 spiro atoms. The topological polar surface area (TPSA) is 12.5 Å². The van der Waals surface area contributed by atoms with Crippen LogP contribution in [0.3, 0.4) is 0 Å². The summed E-state index contributed by atoms with van der Waals surface area (Å²) >= 11 is 1.99. The van der Waals surface area contributed by atoms with Crippen LogP contribution in [0.25, 0.3) is 0 Å². The molecule has 0 radical (unpaired) electrons. The molecule has 16 heavy (non-hydrogen) atoms. The Bertz CT molecular complexity index is 447. The largest absolute Gasteiger partial charge is 0.364 e. The molecule has 1 heterocycles. The number of hydrogen-bond acceptors (Lipinski definition) is 1. The van der Waals surface area contributed by atoms with Gasteiger partial charge in [-0.15, -0.1) is 0 Å². The van der Waals surface area contributed by atoms with E-state index >= 15 is 0 Å². The highest BCUT2D eigenvalue weighted by Gasteiger charge is 2.40. The fraction of sp³-hybridized carbons (Fsp3) is 0.385. The molecule has 3 heteroatoms. The lowest BCUT2D eigenvalue weighted by atomic mass is 10.0. The summed E-state index contributed by atoms with van der Waals surface area (Å²) in [4.78, 5) is 0. The number of ether oxygens (including phenoxy) is 1. The number of hydrogen-bond donors (Lipinski definition) is 0. The van der Waals surface area contributed by atoms with Crippen LogP contribution in [0.15, 0.2) is 18.2 Å². The minimum absolute atomic E-state index is 0.0444. The molecule has 84 valence electrons. The van der Waals surface area contributed by atoms with E-state index in [-0.39, 0.29) is 18.0 Å². The number of halogens is 2. The summed E-state index contributed by atoms with van der Waals surface area (Å²) in [6.45, 7) is 2.12. The Morgan fingerprint density at radius 3 is 3.00 bits per heavy atom. The van der Waals surface area contributed by atoms with E-state index < -0.39 is 0 Å².